The van der Waals surface area contributed by atoms with E-state index < -0.39 is 18.2 Å². The van der Waals surface area contributed by atoms with Gasteiger partial charge in [0, 0.05) is 43.5 Å². The molecule has 0 saturated carbocycles. The first-order chi connectivity index (χ1) is 22.2. The zero-order chi connectivity index (χ0) is 34.3. The molecule has 0 radical (unpaired) electrons. The number of thiophene rings is 1. The van der Waals surface area contributed by atoms with E-state index in [2.05, 4.69) is 82.1 Å². The normalized spacial score (nSPS) is 19.3. The van der Waals surface area contributed by atoms with E-state index in [0.29, 0.717) is 11.3 Å². The topological polar surface area (TPSA) is 111 Å². The van der Waals surface area contributed by atoms with Gasteiger partial charge in [-0.15, -0.1) is 11.3 Å². The monoisotopic (exact) mass is 788 g/mol. The van der Waals surface area contributed by atoms with Crippen LogP contribution in [-0.2, 0) is 16.1 Å². The van der Waals surface area contributed by atoms with Crippen LogP contribution in [0.5, 0.6) is 5.75 Å². The Balaban J connectivity index is 0.000000644. The number of likely N-dealkylation sites (N-methyl/N-ethyl adjacent to an activating group) is 1. The zero-order valence-corrected chi connectivity index (χ0v) is 29.5. The number of alkyl halides is 3. The Bertz CT molecular complexity index is 1520. The van der Waals surface area contributed by atoms with Crippen molar-refractivity contribution in [3.05, 3.63) is 62.5 Å². The third-order valence-corrected chi connectivity index (χ3v) is 9.89. The molecule has 9 nitrogen and oxygen atoms in total. The fourth-order valence-corrected chi connectivity index (χ4v) is 7.02. The first-order valence-corrected chi connectivity index (χ1v) is 17.3. The van der Waals surface area contributed by atoms with Crippen LogP contribution in [0, 0.1) is 9.49 Å². The van der Waals surface area contributed by atoms with Crippen LogP contribution in [0.2, 0.25) is 0 Å². The number of likely N-dealkylation sites (tertiary alicyclic amines) is 2. The molecule has 0 bridgehead atoms. The van der Waals surface area contributed by atoms with Crippen LogP contribution < -0.4 is 15.4 Å². The number of benzene rings is 2. The Labute approximate surface area is 290 Å². The van der Waals surface area contributed by atoms with Crippen molar-refractivity contribution in [1.82, 2.24) is 20.4 Å². The van der Waals surface area contributed by atoms with Gasteiger partial charge in [0.05, 0.1) is 8.45 Å². The molecule has 3 atom stereocenters. The number of aliphatic carboxylic acids is 1. The number of amides is 2. The van der Waals surface area contributed by atoms with Crippen molar-refractivity contribution in [3.63, 3.8) is 0 Å². The average Bonchev–Trinajstić information content (AvgIpc) is 3.74. The molecule has 256 valence electrons. The van der Waals surface area contributed by atoms with Crippen LogP contribution in [0.15, 0.2) is 48.5 Å². The molecule has 2 fully saturated rings. The fraction of sp³-hybridized carbons (Fsp3) is 0.485. The Hall–Kier alpha value is -2.95. The summed E-state index contributed by atoms with van der Waals surface area (Å²) in [5, 5.41) is 14.4. The quantitative estimate of drug-likeness (QED) is 0.225. The first-order valence-electron chi connectivity index (χ1n) is 15.4. The molecule has 3 heterocycles. The van der Waals surface area contributed by atoms with E-state index in [-0.39, 0.29) is 29.9 Å². The van der Waals surface area contributed by atoms with Crippen molar-refractivity contribution in [2.75, 3.05) is 33.2 Å². The van der Waals surface area contributed by atoms with Crippen LogP contribution in [0.1, 0.15) is 48.3 Å². The Morgan fingerprint density at radius 3 is 2.45 bits per heavy atom. The standard InChI is InChI=1S/C31H39IN4O3S.C2HF3O2/c1-20(2)14-26(34-31(38)29-16-22-6-4-5-7-28(22)40-29)30(37)33-23-10-13-36(18-23)17-21-8-9-25(32)27(15-21)39-24-11-12-35(3)19-24;3-2(4,5)1(6)7/h4-9,15-16,20,23-24,26H,10-14,17-19H2,1-3H3,(H,33,37)(H,34,38);(H,6,7)/t23-,24?,26-;/m0./s1. The maximum atomic E-state index is 13.3. The average molecular weight is 789 g/mol. The fourth-order valence-electron chi connectivity index (χ4n) is 5.59. The molecule has 3 aromatic rings. The smallest absolute Gasteiger partial charge is 0.488 e. The van der Waals surface area contributed by atoms with E-state index in [1.807, 2.05) is 30.3 Å². The van der Waals surface area contributed by atoms with Crippen LogP contribution in [0.4, 0.5) is 13.2 Å². The summed E-state index contributed by atoms with van der Waals surface area (Å²) in [5.74, 6) is -1.79. The first kappa shape index (κ1) is 36.9. The largest absolute Gasteiger partial charge is 0.490 e. The lowest BCUT2D eigenvalue weighted by Crippen LogP contribution is -2.50. The SMILES string of the molecule is CC(C)C[C@H](NC(=O)c1cc2ccccc2s1)C(=O)N[C@H]1CCN(Cc2ccc(I)c(OC3CCN(C)C3)c2)C1.O=C(O)C(F)(F)F. The van der Waals surface area contributed by atoms with Gasteiger partial charge in [0.1, 0.15) is 17.9 Å². The molecule has 2 aliphatic heterocycles. The second kappa shape index (κ2) is 16.4. The summed E-state index contributed by atoms with van der Waals surface area (Å²) in [7, 11) is 2.14. The van der Waals surface area contributed by atoms with Crippen molar-refractivity contribution < 1.29 is 37.4 Å². The summed E-state index contributed by atoms with van der Waals surface area (Å²) in [6.45, 7) is 8.73. The molecule has 0 spiro atoms. The molecule has 1 aromatic heterocycles. The second-order valence-electron chi connectivity index (χ2n) is 12.4. The summed E-state index contributed by atoms with van der Waals surface area (Å²) < 4.78 is 40.3. The summed E-state index contributed by atoms with van der Waals surface area (Å²) >= 11 is 3.81. The van der Waals surface area contributed by atoms with E-state index >= 15 is 0 Å². The number of hydrogen-bond acceptors (Lipinski definition) is 7. The zero-order valence-electron chi connectivity index (χ0n) is 26.5. The number of carbonyl (C=O) groups is 3. The van der Waals surface area contributed by atoms with E-state index in [1.54, 1.807) is 0 Å². The highest BCUT2D eigenvalue weighted by Crippen LogP contribution is 2.28. The molecule has 47 heavy (non-hydrogen) atoms. The highest BCUT2D eigenvalue weighted by molar-refractivity contribution is 14.1. The Kier molecular flexibility index (Phi) is 12.9. The van der Waals surface area contributed by atoms with Gasteiger partial charge in [0.2, 0.25) is 5.91 Å². The molecule has 2 aliphatic rings. The number of carbonyl (C=O) groups excluding carboxylic acids is 2. The third-order valence-electron chi connectivity index (χ3n) is 7.88. The number of halogens is 4. The van der Waals surface area contributed by atoms with Gasteiger partial charge in [0.25, 0.3) is 5.91 Å². The Morgan fingerprint density at radius 2 is 1.81 bits per heavy atom. The van der Waals surface area contributed by atoms with Crippen molar-refractivity contribution in [2.24, 2.45) is 5.92 Å². The lowest BCUT2D eigenvalue weighted by atomic mass is 10.0. The predicted octanol–water partition coefficient (Wildman–Crippen LogP) is 5.76. The van der Waals surface area contributed by atoms with E-state index in [9.17, 15) is 22.8 Å². The summed E-state index contributed by atoms with van der Waals surface area (Å²) in [6, 6.07) is 15.9. The van der Waals surface area contributed by atoms with E-state index in [1.165, 1.54) is 16.9 Å². The molecule has 0 aliphatic carbocycles. The molecule has 1 unspecified atom stereocenters. The van der Waals surface area contributed by atoms with Crippen LogP contribution in [0.3, 0.4) is 0 Å². The van der Waals surface area contributed by atoms with Crippen LogP contribution in [0.25, 0.3) is 10.1 Å². The molecule has 3 N–H and O–H groups in total. The molecular weight excluding hydrogens is 748 g/mol. The number of ether oxygens (including phenoxy) is 1. The minimum Gasteiger partial charge on any atom is -0.488 e. The van der Waals surface area contributed by atoms with Crippen molar-refractivity contribution in [1.29, 1.82) is 0 Å². The maximum Gasteiger partial charge on any atom is 0.490 e. The molecular formula is C33H40F3IN4O5S. The molecule has 2 aromatic carbocycles. The summed E-state index contributed by atoms with van der Waals surface area (Å²) in [6.07, 6.45) is -2.28. The number of hydrogen-bond donors (Lipinski definition) is 3. The van der Waals surface area contributed by atoms with E-state index in [0.717, 1.165) is 65.0 Å². The summed E-state index contributed by atoms with van der Waals surface area (Å²) in [5.41, 5.74) is 1.22. The van der Waals surface area contributed by atoms with Crippen molar-refractivity contribution >= 4 is 61.8 Å². The van der Waals surface area contributed by atoms with Gasteiger partial charge in [-0.2, -0.15) is 13.2 Å². The maximum absolute atomic E-state index is 13.3. The predicted molar refractivity (Wildman–Crippen MR) is 184 cm³/mol. The number of carboxylic acid groups (broad SMARTS) is 1. The van der Waals surface area contributed by atoms with Crippen molar-refractivity contribution in [3.8, 4) is 5.75 Å². The van der Waals surface area contributed by atoms with Gasteiger partial charge in [-0.3, -0.25) is 14.5 Å². The molecule has 14 heteroatoms. The van der Waals surface area contributed by atoms with E-state index in [4.69, 9.17) is 14.6 Å². The van der Waals surface area contributed by atoms with Gasteiger partial charge in [-0.1, -0.05) is 38.1 Å². The highest BCUT2D eigenvalue weighted by atomic mass is 127. The lowest BCUT2D eigenvalue weighted by molar-refractivity contribution is -0.192. The number of nitrogens with zero attached hydrogens (tertiary/aromatic N) is 2. The van der Waals surface area contributed by atoms with Gasteiger partial charge in [-0.25, -0.2) is 4.79 Å². The minimum absolute atomic E-state index is 0.0667. The number of nitrogens with one attached hydrogen (secondary N) is 2. The van der Waals surface area contributed by atoms with Gasteiger partial charge < -0.3 is 25.4 Å². The number of carboxylic acids is 1. The number of fused-ring (bicyclic) bond motifs is 1. The van der Waals surface area contributed by atoms with Gasteiger partial charge >= 0.3 is 12.1 Å². The number of rotatable bonds is 10. The van der Waals surface area contributed by atoms with Gasteiger partial charge in [-0.05, 0) is 90.0 Å². The second-order valence-corrected chi connectivity index (χ2v) is 14.6. The highest BCUT2D eigenvalue weighted by Gasteiger charge is 2.38. The van der Waals surface area contributed by atoms with Crippen LogP contribution >= 0.6 is 33.9 Å². The lowest BCUT2D eigenvalue weighted by Gasteiger charge is -2.23. The molecule has 5 rings (SSSR count). The molecule has 2 amide bonds. The Morgan fingerprint density at radius 1 is 1.09 bits per heavy atom. The van der Waals surface area contributed by atoms with Crippen LogP contribution in [-0.4, -0.2) is 90.3 Å². The van der Waals surface area contributed by atoms with Crippen molar-refractivity contribution in [2.45, 2.75) is 64.0 Å². The minimum atomic E-state index is -5.08. The third kappa shape index (κ3) is 11.0. The van der Waals surface area contributed by atoms with Gasteiger partial charge in [0.15, 0.2) is 0 Å². The summed E-state index contributed by atoms with van der Waals surface area (Å²) in [4.78, 5) is 40.6. The molecule has 2 saturated heterocycles.